The number of benzene rings is 1. The lowest BCUT2D eigenvalue weighted by Gasteiger charge is -2.05. The quantitative estimate of drug-likeness (QED) is 0.714. The molecule has 0 atom stereocenters. The Balaban J connectivity index is 1.93. The Hall–Kier alpha value is -2.21. The molecule has 94 valence electrons. The van der Waals surface area contributed by atoms with Crippen LogP contribution in [-0.2, 0) is 0 Å². The monoisotopic (exact) mass is 316 g/mol. The normalized spacial score (nSPS) is 10.6. The summed E-state index contributed by atoms with van der Waals surface area (Å²) in [7, 11) is 0. The van der Waals surface area contributed by atoms with E-state index in [1.165, 1.54) is 0 Å². The highest BCUT2D eigenvalue weighted by molar-refractivity contribution is 9.10. The van der Waals surface area contributed by atoms with Gasteiger partial charge in [-0.05, 0) is 40.2 Å². The first-order chi connectivity index (χ1) is 9.24. The minimum absolute atomic E-state index is 0.255. The number of carbonyl (C=O) groups is 1. The van der Waals surface area contributed by atoms with Crippen LogP contribution in [0.2, 0.25) is 0 Å². The van der Waals surface area contributed by atoms with Crippen LogP contribution in [0.5, 0.6) is 0 Å². The van der Waals surface area contributed by atoms with Gasteiger partial charge in [0, 0.05) is 5.39 Å². The van der Waals surface area contributed by atoms with Gasteiger partial charge in [-0.2, -0.15) is 5.10 Å². The molecule has 0 bridgehead atoms. The van der Waals surface area contributed by atoms with Crippen molar-refractivity contribution in [1.82, 2.24) is 15.2 Å². The third kappa shape index (κ3) is 2.34. The molecule has 0 spiro atoms. The largest absolute Gasteiger partial charge is 0.320 e. The standard InChI is InChI=1S/C13H9BrN4O/c14-12-6-2-5-11(16-12)13(19)17-9-3-1-4-10-8(9)7-15-18-10/h1-7H,(H,15,18)(H,17,19). The van der Waals surface area contributed by atoms with Crippen molar-refractivity contribution in [2.24, 2.45) is 0 Å². The zero-order valence-corrected chi connectivity index (χ0v) is 11.3. The van der Waals surface area contributed by atoms with Gasteiger partial charge in [0.2, 0.25) is 0 Å². The number of anilines is 1. The molecule has 3 aromatic rings. The predicted molar refractivity (Wildman–Crippen MR) is 76.0 cm³/mol. The summed E-state index contributed by atoms with van der Waals surface area (Å²) in [4.78, 5) is 16.2. The fourth-order valence-corrected chi connectivity index (χ4v) is 2.14. The van der Waals surface area contributed by atoms with E-state index in [9.17, 15) is 4.79 Å². The van der Waals surface area contributed by atoms with E-state index >= 15 is 0 Å². The minimum atomic E-state index is -0.255. The number of aromatic amines is 1. The molecular weight excluding hydrogens is 308 g/mol. The number of fused-ring (bicyclic) bond motifs is 1. The number of H-pyrrole nitrogens is 1. The SMILES string of the molecule is O=C(Nc1cccc2[nH]ncc12)c1cccc(Br)n1. The third-order valence-corrected chi connectivity index (χ3v) is 3.12. The van der Waals surface area contributed by atoms with Crippen LogP contribution in [0.3, 0.4) is 0 Å². The third-order valence-electron chi connectivity index (χ3n) is 2.68. The van der Waals surface area contributed by atoms with E-state index in [1.54, 1.807) is 24.4 Å². The summed E-state index contributed by atoms with van der Waals surface area (Å²) in [6, 6.07) is 10.8. The zero-order chi connectivity index (χ0) is 13.2. The van der Waals surface area contributed by atoms with Crippen LogP contribution >= 0.6 is 15.9 Å². The van der Waals surface area contributed by atoms with Crippen molar-refractivity contribution in [3.05, 3.63) is 52.9 Å². The maximum absolute atomic E-state index is 12.1. The van der Waals surface area contributed by atoms with Crippen molar-refractivity contribution < 1.29 is 4.79 Å². The second kappa shape index (κ2) is 4.81. The van der Waals surface area contributed by atoms with Gasteiger partial charge in [0.1, 0.15) is 10.3 Å². The average molecular weight is 317 g/mol. The molecule has 6 heteroatoms. The van der Waals surface area contributed by atoms with Gasteiger partial charge in [0.05, 0.1) is 17.4 Å². The van der Waals surface area contributed by atoms with Crippen LogP contribution in [0.4, 0.5) is 5.69 Å². The summed E-state index contributed by atoms with van der Waals surface area (Å²) in [6.45, 7) is 0. The molecule has 3 rings (SSSR count). The van der Waals surface area contributed by atoms with Crippen molar-refractivity contribution in [1.29, 1.82) is 0 Å². The van der Waals surface area contributed by atoms with Crippen LogP contribution in [-0.4, -0.2) is 21.1 Å². The van der Waals surface area contributed by atoms with Crippen molar-refractivity contribution in [3.63, 3.8) is 0 Å². The molecule has 0 aliphatic rings. The number of hydrogen-bond acceptors (Lipinski definition) is 3. The highest BCUT2D eigenvalue weighted by Gasteiger charge is 2.10. The van der Waals surface area contributed by atoms with E-state index in [4.69, 9.17) is 0 Å². The van der Waals surface area contributed by atoms with Gasteiger partial charge in [-0.25, -0.2) is 4.98 Å². The first-order valence-corrected chi connectivity index (χ1v) is 6.39. The number of nitrogens with zero attached hydrogens (tertiary/aromatic N) is 2. The number of nitrogens with one attached hydrogen (secondary N) is 2. The molecular formula is C13H9BrN4O. The fraction of sp³-hybridized carbons (Fsp3) is 0. The molecule has 2 aromatic heterocycles. The Kier molecular flexibility index (Phi) is 3.00. The number of halogens is 1. The van der Waals surface area contributed by atoms with Crippen molar-refractivity contribution in [2.45, 2.75) is 0 Å². The van der Waals surface area contributed by atoms with Crippen molar-refractivity contribution >= 4 is 38.4 Å². The molecule has 0 fully saturated rings. The second-order valence-electron chi connectivity index (χ2n) is 3.94. The number of carbonyl (C=O) groups excluding carboxylic acids is 1. The summed E-state index contributed by atoms with van der Waals surface area (Å²) in [5.74, 6) is -0.255. The first kappa shape index (κ1) is 11.9. The topological polar surface area (TPSA) is 70.7 Å². The van der Waals surface area contributed by atoms with E-state index in [1.807, 2.05) is 18.2 Å². The summed E-state index contributed by atoms with van der Waals surface area (Å²) in [5.41, 5.74) is 1.94. The van der Waals surface area contributed by atoms with Crippen LogP contribution < -0.4 is 5.32 Å². The van der Waals surface area contributed by atoms with Gasteiger partial charge in [-0.3, -0.25) is 9.89 Å². The predicted octanol–water partition coefficient (Wildman–Crippen LogP) is 2.97. The average Bonchev–Trinajstić information content (AvgIpc) is 2.88. The Morgan fingerprint density at radius 3 is 2.89 bits per heavy atom. The maximum atomic E-state index is 12.1. The zero-order valence-electron chi connectivity index (χ0n) is 9.72. The Morgan fingerprint density at radius 1 is 1.21 bits per heavy atom. The lowest BCUT2D eigenvalue weighted by Crippen LogP contribution is -2.13. The van der Waals surface area contributed by atoms with Gasteiger partial charge >= 0.3 is 0 Å². The van der Waals surface area contributed by atoms with Gasteiger partial charge in [0.25, 0.3) is 5.91 Å². The molecule has 1 amide bonds. The Bertz CT molecular complexity index is 753. The van der Waals surface area contributed by atoms with E-state index in [0.717, 1.165) is 10.9 Å². The Labute approximate surface area is 117 Å². The molecule has 1 aromatic carbocycles. The van der Waals surface area contributed by atoms with Gasteiger partial charge in [-0.15, -0.1) is 0 Å². The van der Waals surface area contributed by atoms with Crippen LogP contribution in [0.15, 0.2) is 47.2 Å². The number of aromatic nitrogens is 3. The lowest BCUT2D eigenvalue weighted by molar-refractivity contribution is 0.102. The molecule has 0 saturated heterocycles. The van der Waals surface area contributed by atoms with Crippen molar-refractivity contribution in [3.8, 4) is 0 Å². The van der Waals surface area contributed by atoms with Crippen LogP contribution in [0.1, 0.15) is 10.5 Å². The van der Waals surface area contributed by atoms with E-state index in [0.29, 0.717) is 16.0 Å². The summed E-state index contributed by atoms with van der Waals surface area (Å²) >= 11 is 3.24. The fourth-order valence-electron chi connectivity index (χ4n) is 1.80. The Morgan fingerprint density at radius 2 is 2.05 bits per heavy atom. The molecule has 0 unspecified atom stereocenters. The lowest BCUT2D eigenvalue weighted by atomic mass is 10.2. The highest BCUT2D eigenvalue weighted by atomic mass is 79.9. The second-order valence-corrected chi connectivity index (χ2v) is 4.75. The molecule has 2 N–H and O–H groups in total. The number of pyridine rings is 1. The molecule has 0 aliphatic carbocycles. The summed E-state index contributed by atoms with van der Waals surface area (Å²) < 4.78 is 0.627. The number of amides is 1. The molecule has 5 nitrogen and oxygen atoms in total. The molecule has 0 aliphatic heterocycles. The number of hydrogen-bond donors (Lipinski definition) is 2. The molecule has 2 heterocycles. The van der Waals surface area contributed by atoms with E-state index in [2.05, 4.69) is 36.4 Å². The first-order valence-electron chi connectivity index (χ1n) is 5.60. The van der Waals surface area contributed by atoms with Crippen LogP contribution in [0.25, 0.3) is 10.9 Å². The maximum Gasteiger partial charge on any atom is 0.274 e. The van der Waals surface area contributed by atoms with Crippen molar-refractivity contribution in [2.75, 3.05) is 5.32 Å². The smallest absolute Gasteiger partial charge is 0.274 e. The summed E-state index contributed by atoms with van der Waals surface area (Å²) in [5, 5.41) is 10.5. The molecule has 0 saturated carbocycles. The van der Waals surface area contributed by atoms with E-state index < -0.39 is 0 Å². The number of rotatable bonds is 2. The minimum Gasteiger partial charge on any atom is -0.320 e. The van der Waals surface area contributed by atoms with Gasteiger partial charge in [0.15, 0.2) is 0 Å². The van der Waals surface area contributed by atoms with E-state index in [-0.39, 0.29) is 5.91 Å². The molecule has 19 heavy (non-hydrogen) atoms. The summed E-state index contributed by atoms with van der Waals surface area (Å²) in [6.07, 6.45) is 1.68. The van der Waals surface area contributed by atoms with Gasteiger partial charge < -0.3 is 5.32 Å². The molecule has 0 radical (unpaired) electrons. The van der Waals surface area contributed by atoms with Gasteiger partial charge in [-0.1, -0.05) is 12.1 Å². The van der Waals surface area contributed by atoms with Crippen LogP contribution in [0, 0.1) is 0 Å². The highest BCUT2D eigenvalue weighted by Crippen LogP contribution is 2.21.